The maximum atomic E-state index is 5.05. The summed E-state index contributed by atoms with van der Waals surface area (Å²) in [5.41, 5.74) is 1.02. The van der Waals surface area contributed by atoms with E-state index in [1.807, 2.05) is 46.9 Å². The first-order valence-corrected chi connectivity index (χ1v) is 5.08. The molecule has 0 unspecified atom stereocenters. The van der Waals surface area contributed by atoms with Gasteiger partial charge < -0.3 is 0 Å². The molecular weight excluding hydrogens is 284 g/mol. The zero-order chi connectivity index (χ0) is 8.55. The van der Waals surface area contributed by atoms with Gasteiger partial charge in [-0.3, -0.25) is 0 Å². The number of hydrogen-bond acceptors (Lipinski definition) is 1. The van der Waals surface area contributed by atoms with Gasteiger partial charge in [0.2, 0.25) is 5.02 Å². The van der Waals surface area contributed by atoms with Crippen LogP contribution in [0.25, 0.3) is 10.9 Å². The number of aromatic nitrogens is 1. The molecule has 1 aromatic carbocycles. The van der Waals surface area contributed by atoms with Crippen molar-refractivity contribution in [1.82, 2.24) is 4.98 Å². The van der Waals surface area contributed by atoms with Crippen LogP contribution in [-0.2, 0) is 0 Å². The van der Waals surface area contributed by atoms with Gasteiger partial charge >= 0.3 is 22.6 Å². The van der Waals surface area contributed by atoms with Gasteiger partial charge in [0.25, 0.3) is 3.70 Å². The first kappa shape index (κ1) is 8.26. The molecule has 0 aliphatic rings. The molecule has 0 radical (unpaired) electrons. The quantitative estimate of drug-likeness (QED) is 0.420. The second kappa shape index (κ2) is 3.18. The Morgan fingerprint density at radius 1 is 1.17 bits per heavy atom. The van der Waals surface area contributed by atoms with Crippen molar-refractivity contribution in [1.29, 1.82) is 0 Å². The molecule has 0 fully saturated rings. The number of halogens is 2. The minimum atomic E-state index is 0.869. The van der Waals surface area contributed by atoms with Crippen LogP contribution in [0.15, 0.2) is 30.3 Å². The summed E-state index contributed by atoms with van der Waals surface area (Å²) in [6, 6.07) is 9.90. The number of fused-ring (bicyclic) bond motifs is 1. The van der Waals surface area contributed by atoms with Crippen molar-refractivity contribution in [2.75, 3.05) is 0 Å². The molecule has 60 valence electrons. The van der Waals surface area contributed by atoms with Gasteiger partial charge in [-0.1, -0.05) is 0 Å². The Balaban J connectivity index is 2.79. The van der Waals surface area contributed by atoms with E-state index in [1.54, 1.807) is 0 Å². The van der Waals surface area contributed by atoms with Gasteiger partial charge in [0, 0.05) is 23.6 Å². The Kier molecular flexibility index (Phi) is 2.19. The fourth-order valence-corrected chi connectivity index (χ4v) is 1.75. The Hall–Kier alpha value is -0.350. The third-order valence-electron chi connectivity index (χ3n) is 1.64. The first-order valence-electron chi connectivity index (χ1n) is 3.50. The predicted octanol–water partition coefficient (Wildman–Crippen LogP) is -1.61. The van der Waals surface area contributed by atoms with Gasteiger partial charge in [0.15, 0.2) is 11.6 Å². The zero-order valence-electron chi connectivity index (χ0n) is 6.15. The van der Waals surface area contributed by atoms with Gasteiger partial charge in [-0.05, 0) is 12.1 Å². The van der Waals surface area contributed by atoms with E-state index in [-0.39, 0.29) is 0 Å². The molecule has 2 rings (SSSR count). The highest BCUT2D eigenvalue weighted by atomic mass is 127. The molecule has 2 aromatic rings. The summed E-state index contributed by atoms with van der Waals surface area (Å²) < 4.78 is 1.05. The van der Waals surface area contributed by atoms with Crippen molar-refractivity contribution in [3.8, 4) is 0 Å². The van der Waals surface area contributed by atoms with Crippen LogP contribution >= 0.6 is 0 Å². The molecule has 0 spiro atoms. The maximum Gasteiger partial charge on any atom is 0.318 e. The first-order chi connectivity index (χ1) is 5.75. The largest absolute Gasteiger partial charge is 0.318 e. The standard InChI is InChI=1S/C9H7ClIN/c10-7-2-3-8-6(5-7)1-4-9(11)12-8/h1-5,10-11H/q+2. The fraction of sp³-hybridized carbons (Fsp3) is 0. The van der Waals surface area contributed by atoms with Crippen LogP contribution in [0.3, 0.4) is 0 Å². The maximum absolute atomic E-state index is 5.05. The monoisotopic (exact) mass is 291 g/mol. The minimum absolute atomic E-state index is 0.869. The van der Waals surface area contributed by atoms with Gasteiger partial charge in [0.05, 0.1) is 5.52 Å². The van der Waals surface area contributed by atoms with E-state index in [4.69, 9.17) is 11.6 Å². The third-order valence-corrected chi connectivity index (χ3v) is 2.54. The Labute approximate surface area is 88.9 Å². The van der Waals surface area contributed by atoms with E-state index in [9.17, 15) is 0 Å². The summed E-state index contributed by atoms with van der Waals surface area (Å²) in [5, 5.41) is 1.99. The Bertz CT molecular complexity index is 387. The lowest BCUT2D eigenvalue weighted by molar-refractivity contribution is -0.336. The molecule has 0 bridgehead atoms. The number of hydrogen-bond donors (Lipinski definition) is 0. The topological polar surface area (TPSA) is 12.9 Å². The van der Waals surface area contributed by atoms with Crippen molar-refractivity contribution in [2.24, 2.45) is 0 Å². The van der Waals surface area contributed by atoms with Crippen LogP contribution in [-0.4, -0.2) is 4.98 Å². The lowest BCUT2D eigenvalue weighted by atomic mass is 10.2. The Morgan fingerprint density at radius 3 is 2.83 bits per heavy atom. The minimum Gasteiger partial charge on any atom is -0.204 e. The molecule has 1 aromatic heterocycles. The molecule has 1 nitrogen and oxygen atoms in total. The highest BCUT2D eigenvalue weighted by Gasteiger charge is 2.03. The van der Waals surface area contributed by atoms with Gasteiger partial charge in [0.1, 0.15) is 0 Å². The summed E-state index contributed by atoms with van der Waals surface area (Å²) in [5.74, 6) is 0. The van der Waals surface area contributed by atoms with E-state index in [2.05, 4.69) is 11.1 Å². The fourth-order valence-electron chi connectivity index (χ4n) is 1.08. The third kappa shape index (κ3) is 1.54. The normalized spacial score (nSPS) is 10.5. The van der Waals surface area contributed by atoms with Crippen LogP contribution < -0.4 is 22.6 Å². The van der Waals surface area contributed by atoms with E-state index in [1.165, 1.54) is 0 Å². The summed E-state index contributed by atoms with van der Waals surface area (Å²) >= 11 is 6.96. The molecule has 12 heavy (non-hydrogen) atoms. The molecule has 0 saturated carbocycles. The zero-order valence-corrected chi connectivity index (χ0v) is 9.30. The molecule has 0 aliphatic heterocycles. The average molecular weight is 292 g/mol. The van der Waals surface area contributed by atoms with Crippen molar-refractivity contribution in [3.63, 3.8) is 0 Å². The average Bonchev–Trinajstić information content (AvgIpc) is 2.05. The number of pyridine rings is 1. The lowest BCUT2D eigenvalue weighted by Crippen LogP contribution is -3.34. The van der Waals surface area contributed by atoms with Crippen molar-refractivity contribution < 1.29 is 34.2 Å². The van der Waals surface area contributed by atoms with Crippen LogP contribution in [0.5, 0.6) is 0 Å². The van der Waals surface area contributed by atoms with E-state index >= 15 is 0 Å². The molecule has 3 heteroatoms. The Morgan fingerprint density at radius 2 is 2.00 bits per heavy atom. The van der Waals surface area contributed by atoms with E-state index in [0.29, 0.717) is 0 Å². The highest BCUT2D eigenvalue weighted by Crippen LogP contribution is 2.12. The van der Waals surface area contributed by atoms with Crippen LogP contribution in [0.2, 0.25) is 5.02 Å². The smallest absolute Gasteiger partial charge is 0.204 e. The molecule has 0 atom stereocenters. The van der Waals surface area contributed by atoms with Gasteiger partial charge in [-0.25, -0.2) is 4.98 Å². The van der Waals surface area contributed by atoms with Crippen molar-refractivity contribution in [2.45, 2.75) is 0 Å². The second-order valence-electron chi connectivity index (χ2n) is 2.50. The molecule has 0 amide bonds. The predicted molar refractivity (Wildman–Crippen MR) is 42.4 cm³/mol. The van der Waals surface area contributed by atoms with Crippen LogP contribution in [0.1, 0.15) is 0 Å². The summed E-state index contributed by atoms with van der Waals surface area (Å²) in [6.45, 7) is 0. The van der Waals surface area contributed by atoms with E-state index < -0.39 is 0 Å². The second-order valence-corrected chi connectivity index (χ2v) is 4.17. The number of benzene rings is 1. The van der Waals surface area contributed by atoms with Crippen LogP contribution in [0.4, 0.5) is 0 Å². The highest BCUT2D eigenvalue weighted by molar-refractivity contribution is 5.78. The molecule has 0 N–H and O–H groups in total. The van der Waals surface area contributed by atoms with E-state index in [0.717, 1.165) is 19.6 Å². The number of rotatable bonds is 0. The van der Waals surface area contributed by atoms with Crippen molar-refractivity contribution >= 4 is 10.9 Å². The SMILES string of the molecule is [ClH+]c1ccc2nc([IH+])ccc2c1. The molecule has 1 heterocycles. The summed E-state index contributed by atoms with van der Waals surface area (Å²) in [4.78, 5) is 4.37. The summed E-state index contributed by atoms with van der Waals surface area (Å²) in [6.07, 6.45) is 0. The van der Waals surface area contributed by atoms with Crippen molar-refractivity contribution in [3.05, 3.63) is 39.1 Å². The lowest BCUT2D eigenvalue weighted by Gasteiger charge is -1.91. The molecule has 0 aliphatic carbocycles. The van der Waals surface area contributed by atoms with Gasteiger partial charge in [-0.15, -0.1) is 0 Å². The van der Waals surface area contributed by atoms with Crippen LogP contribution in [0, 0.1) is 15.3 Å². The number of nitrogens with zero attached hydrogens (tertiary/aromatic N) is 1. The summed E-state index contributed by atoms with van der Waals surface area (Å²) in [7, 11) is 0. The van der Waals surface area contributed by atoms with Gasteiger partial charge in [-0.2, -0.15) is 0 Å². The molecular formula is C9H7ClIN+2. The molecule has 0 saturated heterocycles.